The van der Waals surface area contributed by atoms with Gasteiger partial charge in [-0.15, -0.1) is 0 Å². The van der Waals surface area contributed by atoms with E-state index in [-0.39, 0.29) is 5.54 Å². The van der Waals surface area contributed by atoms with Gasteiger partial charge in [-0.25, -0.2) is 0 Å². The molecule has 0 aliphatic heterocycles. The molecule has 0 radical (unpaired) electrons. The number of likely N-dealkylation sites (N-methyl/N-ethyl adjacent to an activating group) is 1. The van der Waals surface area contributed by atoms with Crippen LogP contribution in [-0.2, 0) is 6.54 Å². The highest BCUT2D eigenvalue weighted by molar-refractivity contribution is 6.31. The van der Waals surface area contributed by atoms with Crippen molar-refractivity contribution in [3.05, 3.63) is 16.9 Å². The second kappa shape index (κ2) is 7.12. The summed E-state index contributed by atoms with van der Waals surface area (Å²) in [4.78, 5) is 2.20. The van der Waals surface area contributed by atoms with Gasteiger partial charge in [-0.1, -0.05) is 44.2 Å². The van der Waals surface area contributed by atoms with Crippen LogP contribution in [0, 0.1) is 0 Å². The average Bonchev–Trinajstić information content (AvgIpc) is 2.67. The summed E-state index contributed by atoms with van der Waals surface area (Å²) in [5.74, 6) is 0. The molecule has 1 aromatic rings. The van der Waals surface area contributed by atoms with Gasteiger partial charge in [-0.2, -0.15) is 5.10 Å². The van der Waals surface area contributed by atoms with Crippen molar-refractivity contribution in [1.82, 2.24) is 14.7 Å². The van der Waals surface area contributed by atoms with Gasteiger partial charge in [0.15, 0.2) is 0 Å². The molecule has 4 nitrogen and oxygen atoms in total. The molecule has 21 heavy (non-hydrogen) atoms. The topological polar surface area (TPSA) is 41.3 Å². The second-order valence-corrected chi connectivity index (χ2v) is 6.82. The van der Waals surface area contributed by atoms with E-state index in [1.165, 1.54) is 12.8 Å². The minimum Gasteiger partial charge on any atom is -0.385 e. The number of aliphatic hydroxyl groups is 1. The van der Waals surface area contributed by atoms with Crippen molar-refractivity contribution in [2.24, 2.45) is 0 Å². The number of rotatable bonds is 5. The maximum absolute atomic E-state index is 11.2. The van der Waals surface area contributed by atoms with E-state index < -0.39 is 6.10 Å². The third-order valence-electron chi connectivity index (χ3n) is 4.90. The lowest BCUT2D eigenvalue weighted by molar-refractivity contribution is -0.0246. The third-order valence-corrected chi connectivity index (χ3v) is 5.19. The van der Waals surface area contributed by atoms with E-state index in [9.17, 15) is 5.11 Å². The molecule has 0 amide bonds. The van der Waals surface area contributed by atoms with Crippen LogP contribution >= 0.6 is 11.6 Å². The molecule has 1 fully saturated rings. The van der Waals surface area contributed by atoms with Gasteiger partial charge in [0.2, 0.25) is 0 Å². The van der Waals surface area contributed by atoms with Crippen molar-refractivity contribution in [3.8, 4) is 0 Å². The predicted octanol–water partition coefficient (Wildman–Crippen LogP) is 3.63. The molecule has 2 rings (SSSR count). The van der Waals surface area contributed by atoms with Gasteiger partial charge < -0.3 is 10.0 Å². The molecule has 0 saturated heterocycles. The third kappa shape index (κ3) is 3.27. The monoisotopic (exact) mass is 313 g/mol. The van der Waals surface area contributed by atoms with E-state index in [1.54, 1.807) is 6.20 Å². The highest BCUT2D eigenvalue weighted by atomic mass is 35.5. The van der Waals surface area contributed by atoms with Crippen LogP contribution in [0.4, 0.5) is 0 Å². The normalized spacial score (nSPS) is 20.5. The number of hydrogen-bond acceptors (Lipinski definition) is 3. The summed E-state index contributed by atoms with van der Waals surface area (Å²) in [6.45, 7) is 2.90. The Kier molecular flexibility index (Phi) is 5.69. The Morgan fingerprint density at radius 3 is 2.48 bits per heavy atom. The van der Waals surface area contributed by atoms with Gasteiger partial charge in [0, 0.05) is 6.54 Å². The Labute approximate surface area is 133 Å². The summed E-state index contributed by atoms with van der Waals surface area (Å²) in [5.41, 5.74) is 0.556. The van der Waals surface area contributed by atoms with Crippen molar-refractivity contribution in [3.63, 3.8) is 0 Å². The number of halogens is 1. The first-order valence-corrected chi connectivity index (χ1v) is 8.47. The first-order chi connectivity index (χ1) is 10.0. The summed E-state index contributed by atoms with van der Waals surface area (Å²) in [7, 11) is 4.14. The molecular formula is C16H28ClN3O. The van der Waals surface area contributed by atoms with Gasteiger partial charge in [0.05, 0.1) is 22.5 Å². The molecule has 5 heteroatoms. The van der Waals surface area contributed by atoms with Crippen LogP contribution in [0.5, 0.6) is 0 Å². The van der Waals surface area contributed by atoms with Crippen LogP contribution in [0.1, 0.15) is 63.7 Å². The summed E-state index contributed by atoms with van der Waals surface area (Å²) in [6.07, 6.45) is 8.90. The summed E-state index contributed by atoms with van der Waals surface area (Å²) >= 11 is 6.34. The summed E-state index contributed by atoms with van der Waals surface area (Å²) in [5, 5.41) is 16.1. The van der Waals surface area contributed by atoms with Gasteiger partial charge in [-0.3, -0.25) is 4.68 Å². The largest absolute Gasteiger partial charge is 0.385 e. The minimum atomic E-state index is -0.591. The van der Waals surface area contributed by atoms with Gasteiger partial charge in [0.25, 0.3) is 0 Å². The lowest BCUT2D eigenvalue weighted by Gasteiger charge is -2.43. The van der Waals surface area contributed by atoms with Crippen molar-refractivity contribution >= 4 is 11.6 Å². The molecule has 1 heterocycles. The fourth-order valence-electron chi connectivity index (χ4n) is 3.59. The van der Waals surface area contributed by atoms with Crippen LogP contribution in [0.15, 0.2) is 6.20 Å². The molecule has 1 atom stereocenters. The Morgan fingerprint density at radius 2 is 1.95 bits per heavy atom. The standard InChI is InChI=1S/C16H28ClN3O/c1-4-11-20-14(13(17)12-18-20)15(21)16(19(2)3)9-7-5-6-8-10-16/h12,15,21H,4-11H2,1-3H3. The molecule has 1 unspecified atom stereocenters. The fraction of sp³-hybridized carbons (Fsp3) is 0.812. The minimum absolute atomic E-state index is 0.230. The van der Waals surface area contributed by atoms with Crippen molar-refractivity contribution in [2.45, 2.75) is 70.1 Å². The summed E-state index contributed by atoms with van der Waals surface area (Å²) < 4.78 is 1.88. The van der Waals surface area contributed by atoms with Crippen molar-refractivity contribution < 1.29 is 5.11 Å². The highest BCUT2D eigenvalue weighted by Gasteiger charge is 2.43. The molecule has 1 N–H and O–H groups in total. The molecule has 1 aromatic heterocycles. The zero-order valence-electron chi connectivity index (χ0n) is 13.5. The number of aromatic nitrogens is 2. The smallest absolute Gasteiger partial charge is 0.115 e. The first-order valence-electron chi connectivity index (χ1n) is 8.09. The number of nitrogens with zero attached hydrogens (tertiary/aromatic N) is 3. The maximum atomic E-state index is 11.2. The molecule has 120 valence electrons. The van der Waals surface area contributed by atoms with Crippen LogP contribution in [0.2, 0.25) is 5.02 Å². The predicted molar refractivity (Wildman–Crippen MR) is 86.6 cm³/mol. The van der Waals surface area contributed by atoms with Crippen LogP contribution in [0.3, 0.4) is 0 Å². The lowest BCUT2D eigenvalue weighted by atomic mass is 9.81. The van der Waals surface area contributed by atoms with E-state index in [0.29, 0.717) is 5.02 Å². The van der Waals surface area contributed by atoms with Crippen LogP contribution in [-0.4, -0.2) is 39.4 Å². The number of aliphatic hydroxyl groups excluding tert-OH is 1. The Bertz CT molecular complexity index is 450. The van der Waals surface area contributed by atoms with Gasteiger partial charge in [-0.05, 0) is 33.4 Å². The van der Waals surface area contributed by atoms with E-state index in [1.807, 2.05) is 4.68 Å². The van der Waals surface area contributed by atoms with Crippen molar-refractivity contribution in [2.75, 3.05) is 14.1 Å². The lowest BCUT2D eigenvalue weighted by Crippen LogP contribution is -2.49. The van der Waals surface area contributed by atoms with Gasteiger partial charge >= 0.3 is 0 Å². The SMILES string of the molecule is CCCn1ncc(Cl)c1C(O)C1(N(C)C)CCCCCC1. The van der Waals surface area contributed by atoms with E-state index in [4.69, 9.17) is 11.6 Å². The van der Waals surface area contributed by atoms with E-state index in [0.717, 1.165) is 44.3 Å². The summed E-state index contributed by atoms with van der Waals surface area (Å²) in [6, 6.07) is 0. The molecule has 1 saturated carbocycles. The molecular weight excluding hydrogens is 286 g/mol. The zero-order chi connectivity index (χ0) is 15.5. The molecule has 0 bridgehead atoms. The van der Waals surface area contributed by atoms with Crippen LogP contribution < -0.4 is 0 Å². The number of hydrogen-bond donors (Lipinski definition) is 1. The van der Waals surface area contributed by atoms with Crippen molar-refractivity contribution in [1.29, 1.82) is 0 Å². The Morgan fingerprint density at radius 1 is 1.33 bits per heavy atom. The van der Waals surface area contributed by atoms with Crippen LogP contribution in [0.25, 0.3) is 0 Å². The quantitative estimate of drug-likeness (QED) is 0.844. The molecule has 1 aliphatic carbocycles. The Hall–Kier alpha value is -0.580. The fourth-order valence-corrected chi connectivity index (χ4v) is 3.84. The molecule has 0 spiro atoms. The van der Waals surface area contributed by atoms with E-state index in [2.05, 4.69) is 31.0 Å². The van der Waals surface area contributed by atoms with E-state index >= 15 is 0 Å². The first kappa shape index (κ1) is 16.8. The maximum Gasteiger partial charge on any atom is 0.115 e. The number of aryl methyl sites for hydroxylation is 1. The molecule has 1 aliphatic rings. The Balaban J connectivity index is 2.38. The molecule has 0 aromatic carbocycles. The average molecular weight is 314 g/mol. The van der Waals surface area contributed by atoms with Gasteiger partial charge in [0.1, 0.15) is 6.10 Å². The second-order valence-electron chi connectivity index (χ2n) is 6.42. The highest BCUT2D eigenvalue weighted by Crippen LogP contribution is 2.42. The zero-order valence-corrected chi connectivity index (χ0v) is 14.2.